The summed E-state index contributed by atoms with van der Waals surface area (Å²) in [4.78, 5) is 0. The molecule has 94 valence electrons. The molecule has 0 aliphatic heterocycles. The van der Waals surface area contributed by atoms with Gasteiger partial charge in [0, 0.05) is 12.6 Å². The number of aromatic nitrogens is 2. The molecule has 0 spiro atoms. The normalized spacial score (nSPS) is 10.3. The van der Waals surface area contributed by atoms with Gasteiger partial charge in [-0.15, -0.1) is 5.10 Å². The van der Waals surface area contributed by atoms with Crippen molar-refractivity contribution in [3.8, 4) is 5.88 Å². The number of nitrogens with zero attached hydrogens (tertiary/aromatic N) is 2. The van der Waals surface area contributed by atoms with Crippen LogP contribution in [0.2, 0.25) is 0 Å². The second-order valence-corrected chi connectivity index (χ2v) is 4.00. The van der Waals surface area contributed by atoms with Crippen LogP contribution < -0.4 is 10.5 Å². The van der Waals surface area contributed by atoms with Crippen LogP contribution in [0.25, 0.3) is 0 Å². The molecule has 0 amide bonds. The number of aryl methyl sites for hydroxylation is 1. The number of nitrogens with two attached hydrogens (primary N) is 1. The lowest BCUT2D eigenvalue weighted by atomic mass is 10.1. The van der Waals surface area contributed by atoms with Crippen LogP contribution in [-0.2, 0) is 13.0 Å². The van der Waals surface area contributed by atoms with Crippen molar-refractivity contribution in [3.05, 3.63) is 53.7 Å². The highest BCUT2D eigenvalue weighted by Crippen LogP contribution is 2.07. The van der Waals surface area contributed by atoms with Crippen molar-refractivity contribution in [2.75, 3.05) is 6.61 Å². The van der Waals surface area contributed by atoms with E-state index in [1.165, 1.54) is 5.56 Å². The first-order valence-electron chi connectivity index (χ1n) is 6.08. The summed E-state index contributed by atoms with van der Waals surface area (Å²) in [5.74, 6) is 0.556. The van der Waals surface area contributed by atoms with Crippen molar-refractivity contribution in [1.82, 2.24) is 10.2 Å². The van der Waals surface area contributed by atoms with E-state index in [1.807, 2.05) is 24.3 Å². The van der Waals surface area contributed by atoms with E-state index in [9.17, 15) is 0 Å². The van der Waals surface area contributed by atoms with Crippen LogP contribution in [0.3, 0.4) is 0 Å². The van der Waals surface area contributed by atoms with Crippen LogP contribution in [0, 0.1) is 0 Å². The Kier molecular flexibility index (Phi) is 4.67. The summed E-state index contributed by atoms with van der Waals surface area (Å²) >= 11 is 0. The lowest BCUT2D eigenvalue weighted by molar-refractivity contribution is 0.295. The molecule has 2 aromatic rings. The van der Waals surface area contributed by atoms with Crippen molar-refractivity contribution in [1.29, 1.82) is 0 Å². The van der Waals surface area contributed by atoms with E-state index in [0.717, 1.165) is 18.5 Å². The van der Waals surface area contributed by atoms with Crippen molar-refractivity contribution >= 4 is 0 Å². The molecule has 4 nitrogen and oxygen atoms in total. The predicted molar refractivity (Wildman–Crippen MR) is 70.2 cm³/mol. The quantitative estimate of drug-likeness (QED) is 0.788. The number of rotatable bonds is 6. The lowest BCUT2D eigenvalue weighted by Gasteiger charge is -2.05. The Bertz CT molecular complexity index is 456. The maximum absolute atomic E-state index is 5.51. The summed E-state index contributed by atoms with van der Waals surface area (Å²) in [6.45, 7) is 1.05. The van der Waals surface area contributed by atoms with Gasteiger partial charge in [-0.3, -0.25) is 0 Å². The summed E-state index contributed by atoms with van der Waals surface area (Å²) < 4.78 is 5.51. The summed E-state index contributed by atoms with van der Waals surface area (Å²) in [5, 5.41) is 7.88. The summed E-state index contributed by atoms with van der Waals surface area (Å²) in [7, 11) is 0. The molecule has 0 saturated carbocycles. The molecule has 0 fully saturated rings. The van der Waals surface area contributed by atoms with Crippen LogP contribution in [0.15, 0.2) is 42.5 Å². The highest BCUT2D eigenvalue weighted by atomic mass is 16.5. The summed E-state index contributed by atoms with van der Waals surface area (Å²) in [6.07, 6.45) is 1.97. The third-order valence-electron chi connectivity index (χ3n) is 2.61. The zero-order chi connectivity index (χ0) is 12.6. The minimum Gasteiger partial charge on any atom is -0.477 e. The Balaban J connectivity index is 1.72. The van der Waals surface area contributed by atoms with Gasteiger partial charge in [0.25, 0.3) is 0 Å². The molecule has 4 heteroatoms. The average Bonchev–Trinajstić information content (AvgIpc) is 2.45. The molecule has 0 bridgehead atoms. The van der Waals surface area contributed by atoms with Crippen molar-refractivity contribution in [3.63, 3.8) is 0 Å². The van der Waals surface area contributed by atoms with E-state index in [2.05, 4.69) is 22.3 Å². The fourth-order valence-electron chi connectivity index (χ4n) is 1.63. The standard InChI is InChI=1S/C14H17N3O/c15-11-13-8-9-14(17-16-13)18-10-4-7-12-5-2-1-3-6-12/h1-3,5-6,8-9H,4,7,10-11,15H2. The van der Waals surface area contributed by atoms with E-state index in [0.29, 0.717) is 19.0 Å². The third kappa shape index (κ3) is 3.82. The molecule has 0 saturated heterocycles. The zero-order valence-corrected chi connectivity index (χ0v) is 10.2. The largest absolute Gasteiger partial charge is 0.477 e. The topological polar surface area (TPSA) is 61.0 Å². The maximum atomic E-state index is 5.51. The minimum absolute atomic E-state index is 0.404. The number of benzene rings is 1. The fourth-order valence-corrected chi connectivity index (χ4v) is 1.63. The van der Waals surface area contributed by atoms with Gasteiger partial charge in [-0.1, -0.05) is 30.3 Å². The van der Waals surface area contributed by atoms with Crippen LogP contribution in [0.4, 0.5) is 0 Å². The monoisotopic (exact) mass is 243 g/mol. The Morgan fingerprint density at radius 2 is 1.83 bits per heavy atom. The first kappa shape index (κ1) is 12.5. The lowest BCUT2D eigenvalue weighted by Crippen LogP contribution is -2.04. The second kappa shape index (κ2) is 6.71. The molecule has 1 heterocycles. The third-order valence-corrected chi connectivity index (χ3v) is 2.61. The van der Waals surface area contributed by atoms with E-state index >= 15 is 0 Å². The van der Waals surface area contributed by atoms with Gasteiger partial charge in [0.05, 0.1) is 12.3 Å². The van der Waals surface area contributed by atoms with Gasteiger partial charge in [-0.25, -0.2) is 0 Å². The van der Waals surface area contributed by atoms with Crippen LogP contribution in [-0.4, -0.2) is 16.8 Å². The molecule has 2 N–H and O–H groups in total. The molecule has 0 radical (unpaired) electrons. The molecule has 2 rings (SSSR count). The van der Waals surface area contributed by atoms with Crippen LogP contribution in [0.1, 0.15) is 17.7 Å². The van der Waals surface area contributed by atoms with E-state index < -0.39 is 0 Å². The Morgan fingerprint density at radius 1 is 1.00 bits per heavy atom. The second-order valence-electron chi connectivity index (χ2n) is 4.00. The highest BCUT2D eigenvalue weighted by molar-refractivity contribution is 5.14. The SMILES string of the molecule is NCc1ccc(OCCCc2ccccc2)nn1. The zero-order valence-electron chi connectivity index (χ0n) is 10.2. The van der Waals surface area contributed by atoms with Gasteiger partial charge in [-0.05, 0) is 24.5 Å². The van der Waals surface area contributed by atoms with E-state index in [1.54, 1.807) is 6.07 Å². The molecule has 18 heavy (non-hydrogen) atoms. The van der Waals surface area contributed by atoms with Gasteiger partial charge >= 0.3 is 0 Å². The first-order chi connectivity index (χ1) is 8.88. The smallest absolute Gasteiger partial charge is 0.233 e. The predicted octanol–water partition coefficient (Wildman–Crippen LogP) is 1.95. The van der Waals surface area contributed by atoms with Gasteiger partial charge in [-0.2, -0.15) is 5.10 Å². The van der Waals surface area contributed by atoms with E-state index in [4.69, 9.17) is 10.5 Å². The molecular formula is C14H17N3O. The summed E-state index contributed by atoms with van der Waals surface area (Å²) in [6, 6.07) is 14.0. The average molecular weight is 243 g/mol. The minimum atomic E-state index is 0.404. The Labute approximate surface area is 107 Å². The Hall–Kier alpha value is -1.94. The summed E-state index contributed by atoms with van der Waals surface area (Å²) in [5.41, 5.74) is 7.54. The van der Waals surface area contributed by atoms with Gasteiger partial charge in [0.2, 0.25) is 5.88 Å². The molecular weight excluding hydrogens is 226 g/mol. The molecule has 0 aliphatic carbocycles. The molecule has 0 atom stereocenters. The van der Waals surface area contributed by atoms with Gasteiger partial charge in [0.1, 0.15) is 0 Å². The fraction of sp³-hybridized carbons (Fsp3) is 0.286. The number of ether oxygens (including phenoxy) is 1. The van der Waals surface area contributed by atoms with Crippen molar-refractivity contribution < 1.29 is 4.74 Å². The molecule has 0 aliphatic rings. The van der Waals surface area contributed by atoms with Crippen LogP contribution >= 0.6 is 0 Å². The molecule has 1 aromatic carbocycles. The van der Waals surface area contributed by atoms with E-state index in [-0.39, 0.29) is 0 Å². The van der Waals surface area contributed by atoms with Crippen molar-refractivity contribution in [2.45, 2.75) is 19.4 Å². The number of hydrogen-bond donors (Lipinski definition) is 1. The molecule has 1 aromatic heterocycles. The maximum Gasteiger partial charge on any atom is 0.233 e. The van der Waals surface area contributed by atoms with Crippen LogP contribution in [0.5, 0.6) is 5.88 Å². The van der Waals surface area contributed by atoms with Gasteiger partial charge < -0.3 is 10.5 Å². The van der Waals surface area contributed by atoms with Gasteiger partial charge in [0.15, 0.2) is 0 Å². The Morgan fingerprint density at radius 3 is 2.50 bits per heavy atom. The highest BCUT2D eigenvalue weighted by Gasteiger charge is 1.98. The first-order valence-corrected chi connectivity index (χ1v) is 6.08. The number of hydrogen-bond acceptors (Lipinski definition) is 4. The molecule has 0 unspecified atom stereocenters. The van der Waals surface area contributed by atoms with Crippen molar-refractivity contribution in [2.24, 2.45) is 5.73 Å².